The predicted molar refractivity (Wildman–Crippen MR) is 65.9 cm³/mol. The van der Waals surface area contributed by atoms with E-state index in [1.54, 1.807) is 0 Å². The fourth-order valence-electron chi connectivity index (χ4n) is 1.58. The maximum atomic E-state index is 11.1. The second-order valence-corrected chi connectivity index (χ2v) is 6.96. The van der Waals surface area contributed by atoms with E-state index in [0.29, 0.717) is 17.7 Å². The molecular formula is C11H25NO2S. The van der Waals surface area contributed by atoms with Gasteiger partial charge in [0.25, 0.3) is 0 Å². The zero-order valence-corrected chi connectivity index (χ0v) is 11.2. The molecule has 0 bridgehead atoms. The van der Waals surface area contributed by atoms with Gasteiger partial charge in [0, 0.05) is 12.3 Å². The summed E-state index contributed by atoms with van der Waals surface area (Å²) in [5.74, 6) is 0.903. The van der Waals surface area contributed by atoms with Gasteiger partial charge >= 0.3 is 0 Å². The Hall–Kier alpha value is -0.0900. The van der Waals surface area contributed by atoms with Crippen LogP contribution in [0.1, 0.15) is 40.0 Å². The van der Waals surface area contributed by atoms with Crippen molar-refractivity contribution in [3.63, 3.8) is 0 Å². The lowest BCUT2D eigenvalue weighted by Gasteiger charge is -2.19. The predicted octanol–water partition coefficient (Wildman–Crippen LogP) is 1.84. The molecule has 0 amide bonds. The molecule has 1 unspecified atom stereocenters. The van der Waals surface area contributed by atoms with Gasteiger partial charge in [-0.3, -0.25) is 0 Å². The summed E-state index contributed by atoms with van der Waals surface area (Å²) in [5.41, 5.74) is 0. The molecule has 1 N–H and O–H groups in total. The van der Waals surface area contributed by atoms with E-state index in [1.165, 1.54) is 6.26 Å². The molecule has 0 heterocycles. The van der Waals surface area contributed by atoms with Crippen LogP contribution in [0.2, 0.25) is 0 Å². The van der Waals surface area contributed by atoms with Crippen LogP contribution in [0.5, 0.6) is 0 Å². The third kappa shape index (κ3) is 10.2. The summed E-state index contributed by atoms with van der Waals surface area (Å²) in [5, 5.41) is 3.41. The minimum atomic E-state index is -2.82. The third-order valence-electron chi connectivity index (χ3n) is 2.28. The average Bonchev–Trinajstić information content (AvgIpc) is 2.07. The van der Waals surface area contributed by atoms with Crippen molar-refractivity contribution in [2.75, 3.05) is 18.6 Å². The highest BCUT2D eigenvalue weighted by atomic mass is 32.2. The summed E-state index contributed by atoms with van der Waals surface area (Å²) in [7, 11) is -2.82. The molecule has 0 fully saturated rings. The minimum Gasteiger partial charge on any atom is -0.314 e. The number of nitrogens with one attached hydrogen (secondary N) is 1. The van der Waals surface area contributed by atoms with Crippen molar-refractivity contribution in [2.45, 2.75) is 46.1 Å². The molecule has 0 aromatic rings. The van der Waals surface area contributed by atoms with E-state index in [2.05, 4.69) is 26.1 Å². The molecule has 3 nitrogen and oxygen atoms in total. The Labute approximate surface area is 94.6 Å². The highest BCUT2D eigenvalue weighted by molar-refractivity contribution is 7.90. The molecule has 4 heteroatoms. The Balaban J connectivity index is 4.00. The Morgan fingerprint density at radius 2 is 1.87 bits per heavy atom. The van der Waals surface area contributed by atoms with Gasteiger partial charge in [0.15, 0.2) is 0 Å². The second kappa shape index (κ2) is 7.23. The SMILES string of the molecule is CCCNC(CCS(C)(=O)=O)CC(C)C. The smallest absolute Gasteiger partial charge is 0.147 e. The average molecular weight is 235 g/mol. The van der Waals surface area contributed by atoms with Crippen molar-refractivity contribution in [1.82, 2.24) is 5.32 Å². The maximum Gasteiger partial charge on any atom is 0.147 e. The molecule has 0 spiro atoms. The molecule has 0 rings (SSSR count). The molecule has 0 aliphatic heterocycles. The van der Waals surface area contributed by atoms with E-state index in [4.69, 9.17) is 0 Å². The minimum absolute atomic E-state index is 0.293. The van der Waals surface area contributed by atoms with E-state index < -0.39 is 9.84 Å². The molecule has 0 aliphatic rings. The van der Waals surface area contributed by atoms with Crippen LogP contribution in [-0.4, -0.2) is 33.0 Å². The van der Waals surface area contributed by atoms with E-state index in [0.717, 1.165) is 25.8 Å². The van der Waals surface area contributed by atoms with Crippen LogP contribution >= 0.6 is 0 Å². The van der Waals surface area contributed by atoms with Gasteiger partial charge in [0.2, 0.25) is 0 Å². The van der Waals surface area contributed by atoms with E-state index in [9.17, 15) is 8.42 Å². The van der Waals surface area contributed by atoms with Crippen molar-refractivity contribution in [2.24, 2.45) is 5.92 Å². The highest BCUT2D eigenvalue weighted by Gasteiger charge is 2.12. The summed E-state index contributed by atoms with van der Waals surface area (Å²) in [6.45, 7) is 7.43. The lowest BCUT2D eigenvalue weighted by Crippen LogP contribution is -2.32. The van der Waals surface area contributed by atoms with Crippen molar-refractivity contribution >= 4 is 9.84 Å². The first-order valence-corrected chi connectivity index (χ1v) is 7.82. The normalized spacial score (nSPS) is 14.5. The first-order valence-electron chi connectivity index (χ1n) is 5.76. The fourth-order valence-corrected chi connectivity index (χ4v) is 2.29. The van der Waals surface area contributed by atoms with Crippen molar-refractivity contribution in [3.8, 4) is 0 Å². The van der Waals surface area contributed by atoms with Crippen LogP contribution in [0.4, 0.5) is 0 Å². The maximum absolute atomic E-state index is 11.1. The molecule has 0 aromatic carbocycles. The summed E-state index contributed by atoms with van der Waals surface area (Å²) in [6, 6.07) is 0.347. The molecule has 0 saturated heterocycles. The van der Waals surface area contributed by atoms with Crippen LogP contribution in [0.25, 0.3) is 0 Å². The third-order valence-corrected chi connectivity index (χ3v) is 3.25. The topological polar surface area (TPSA) is 46.2 Å². The highest BCUT2D eigenvalue weighted by Crippen LogP contribution is 2.09. The second-order valence-electron chi connectivity index (χ2n) is 4.70. The summed E-state index contributed by atoms with van der Waals surface area (Å²) in [4.78, 5) is 0. The van der Waals surface area contributed by atoms with Crippen LogP contribution in [0, 0.1) is 5.92 Å². The first kappa shape index (κ1) is 14.9. The van der Waals surface area contributed by atoms with Crippen molar-refractivity contribution in [1.29, 1.82) is 0 Å². The molecule has 0 saturated carbocycles. The molecular weight excluding hydrogens is 210 g/mol. The van der Waals surface area contributed by atoms with Gasteiger partial charge in [-0.25, -0.2) is 8.42 Å². The number of hydrogen-bond donors (Lipinski definition) is 1. The monoisotopic (exact) mass is 235 g/mol. The molecule has 0 radical (unpaired) electrons. The molecule has 15 heavy (non-hydrogen) atoms. The van der Waals surface area contributed by atoms with Gasteiger partial charge in [-0.2, -0.15) is 0 Å². The van der Waals surface area contributed by atoms with Crippen LogP contribution in [0.15, 0.2) is 0 Å². The quantitative estimate of drug-likeness (QED) is 0.698. The fraction of sp³-hybridized carbons (Fsp3) is 1.00. The van der Waals surface area contributed by atoms with Gasteiger partial charge in [0.05, 0.1) is 5.75 Å². The summed E-state index contributed by atoms with van der Waals surface area (Å²) < 4.78 is 22.1. The molecule has 92 valence electrons. The lowest BCUT2D eigenvalue weighted by atomic mass is 10.0. The zero-order chi connectivity index (χ0) is 11.9. The van der Waals surface area contributed by atoms with E-state index in [-0.39, 0.29) is 0 Å². The molecule has 0 aromatic heterocycles. The Morgan fingerprint density at radius 3 is 2.27 bits per heavy atom. The summed E-state index contributed by atoms with van der Waals surface area (Å²) in [6.07, 6.45) is 4.18. The standard InChI is InChI=1S/C11H25NO2S/c1-5-7-12-11(9-10(2)3)6-8-15(4,13)14/h10-12H,5-9H2,1-4H3. The van der Waals surface area contributed by atoms with Crippen molar-refractivity contribution in [3.05, 3.63) is 0 Å². The summed E-state index contributed by atoms with van der Waals surface area (Å²) >= 11 is 0. The van der Waals surface area contributed by atoms with Gasteiger partial charge < -0.3 is 5.32 Å². The number of rotatable bonds is 8. The van der Waals surface area contributed by atoms with Gasteiger partial charge in [0.1, 0.15) is 9.84 Å². The van der Waals surface area contributed by atoms with Gasteiger partial charge in [-0.05, 0) is 31.7 Å². The van der Waals surface area contributed by atoms with Gasteiger partial charge in [-0.1, -0.05) is 20.8 Å². The Morgan fingerprint density at radius 1 is 1.27 bits per heavy atom. The van der Waals surface area contributed by atoms with E-state index >= 15 is 0 Å². The van der Waals surface area contributed by atoms with E-state index in [1.807, 2.05) is 0 Å². The van der Waals surface area contributed by atoms with Crippen molar-refractivity contribution < 1.29 is 8.42 Å². The lowest BCUT2D eigenvalue weighted by molar-refractivity contribution is 0.409. The molecule has 0 aliphatic carbocycles. The Bertz CT molecular complexity index is 247. The van der Waals surface area contributed by atoms with Crippen LogP contribution in [0.3, 0.4) is 0 Å². The number of hydrogen-bond acceptors (Lipinski definition) is 3. The zero-order valence-electron chi connectivity index (χ0n) is 10.4. The number of sulfone groups is 1. The largest absolute Gasteiger partial charge is 0.314 e. The van der Waals surface area contributed by atoms with Crippen LogP contribution < -0.4 is 5.32 Å². The first-order chi connectivity index (χ1) is 6.85. The Kier molecular flexibility index (Phi) is 7.18. The van der Waals surface area contributed by atoms with Gasteiger partial charge in [-0.15, -0.1) is 0 Å². The molecule has 1 atom stereocenters. The van der Waals surface area contributed by atoms with Crippen LogP contribution in [-0.2, 0) is 9.84 Å².